The topological polar surface area (TPSA) is 85.9 Å². The number of carbonyl (C=O) groups excluding carboxylic acids is 1. The number of rotatable bonds is 3. The predicted octanol–water partition coefficient (Wildman–Crippen LogP) is 2.60. The molecule has 1 atom stereocenters. The monoisotopic (exact) mass is 326 g/mol. The van der Waals surface area contributed by atoms with Gasteiger partial charge in [-0.1, -0.05) is 0 Å². The van der Waals surface area contributed by atoms with Gasteiger partial charge in [0.2, 0.25) is 0 Å². The van der Waals surface area contributed by atoms with Crippen LogP contribution in [-0.2, 0) is 6.42 Å². The van der Waals surface area contributed by atoms with Crippen LogP contribution in [0.1, 0.15) is 43.0 Å². The summed E-state index contributed by atoms with van der Waals surface area (Å²) in [5, 5.41) is 13.2. The van der Waals surface area contributed by atoms with Crippen molar-refractivity contribution in [2.24, 2.45) is 0 Å². The van der Waals surface area contributed by atoms with Gasteiger partial charge in [-0.15, -0.1) is 0 Å². The van der Waals surface area contributed by atoms with Crippen LogP contribution in [0.5, 0.6) is 0 Å². The molecule has 1 saturated heterocycles. The molecule has 1 aliphatic heterocycles. The molecule has 24 heavy (non-hydrogen) atoms. The highest BCUT2D eigenvalue weighted by molar-refractivity contribution is 5.92. The van der Waals surface area contributed by atoms with E-state index in [1.807, 2.05) is 18.3 Å². The van der Waals surface area contributed by atoms with Gasteiger partial charge in [-0.05, 0) is 44.2 Å². The molecule has 1 aliphatic carbocycles. The van der Waals surface area contributed by atoms with E-state index in [2.05, 4.69) is 30.7 Å². The molecule has 3 N–H and O–H groups in total. The Morgan fingerprint density at radius 2 is 2.17 bits per heavy atom. The lowest BCUT2D eigenvalue weighted by molar-refractivity contribution is 0.247. The minimum absolute atomic E-state index is 0.0133. The normalized spacial score (nSPS) is 19.8. The van der Waals surface area contributed by atoms with Gasteiger partial charge in [-0.25, -0.2) is 9.78 Å². The summed E-state index contributed by atoms with van der Waals surface area (Å²) < 4.78 is 0. The number of nitrogens with one attached hydrogen (secondary N) is 3. The molecule has 126 valence electrons. The SMILES string of the molecule is O=C(Nc1cccnc1N1CCCC1)NC1CCCc2[nH]ncc21. The number of pyridine rings is 1. The molecule has 0 bridgehead atoms. The van der Waals surface area contributed by atoms with Crippen LogP contribution in [0.15, 0.2) is 24.5 Å². The van der Waals surface area contributed by atoms with Crippen molar-refractivity contribution in [3.63, 3.8) is 0 Å². The van der Waals surface area contributed by atoms with Gasteiger partial charge in [0.15, 0.2) is 5.82 Å². The van der Waals surface area contributed by atoms with Crippen molar-refractivity contribution >= 4 is 17.5 Å². The van der Waals surface area contributed by atoms with E-state index < -0.39 is 0 Å². The molecule has 1 unspecified atom stereocenters. The molecule has 7 heteroatoms. The van der Waals surface area contributed by atoms with E-state index in [0.717, 1.165) is 55.1 Å². The Bertz CT molecular complexity index is 721. The second kappa shape index (κ2) is 6.51. The molecule has 1 fully saturated rings. The first-order valence-corrected chi connectivity index (χ1v) is 8.61. The average Bonchev–Trinajstić information content (AvgIpc) is 3.27. The predicted molar refractivity (Wildman–Crippen MR) is 92.1 cm³/mol. The van der Waals surface area contributed by atoms with Crippen LogP contribution in [0, 0.1) is 0 Å². The van der Waals surface area contributed by atoms with Crippen molar-refractivity contribution in [2.45, 2.75) is 38.1 Å². The number of hydrogen-bond donors (Lipinski definition) is 3. The Balaban J connectivity index is 1.46. The van der Waals surface area contributed by atoms with Gasteiger partial charge in [0.05, 0.1) is 17.9 Å². The molecule has 0 spiro atoms. The first kappa shape index (κ1) is 15.0. The number of carbonyl (C=O) groups is 1. The summed E-state index contributed by atoms with van der Waals surface area (Å²) in [5.41, 5.74) is 2.99. The molecule has 2 aromatic rings. The van der Waals surface area contributed by atoms with Gasteiger partial charge in [0, 0.05) is 30.5 Å². The van der Waals surface area contributed by atoms with Gasteiger partial charge in [0.25, 0.3) is 0 Å². The maximum atomic E-state index is 12.5. The first-order chi connectivity index (χ1) is 11.8. The number of H-pyrrole nitrogens is 1. The van der Waals surface area contributed by atoms with Crippen molar-refractivity contribution in [2.75, 3.05) is 23.3 Å². The molecule has 4 rings (SSSR count). The number of hydrogen-bond acceptors (Lipinski definition) is 4. The molecular formula is C17H22N6O. The number of aryl methyl sites for hydroxylation is 1. The number of aromatic amines is 1. The summed E-state index contributed by atoms with van der Waals surface area (Å²) in [6.45, 7) is 1.99. The van der Waals surface area contributed by atoms with Crippen molar-refractivity contribution in [3.05, 3.63) is 35.8 Å². The Kier molecular flexibility index (Phi) is 4.06. The number of aromatic nitrogens is 3. The van der Waals surface area contributed by atoms with Crippen molar-refractivity contribution in [3.8, 4) is 0 Å². The Labute approximate surface area is 140 Å². The summed E-state index contributed by atoms with van der Waals surface area (Å²) in [4.78, 5) is 19.2. The summed E-state index contributed by atoms with van der Waals surface area (Å²) in [6, 6.07) is 3.58. The van der Waals surface area contributed by atoms with Crippen LogP contribution in [-0.4, -0.2) is 34.3 Å². The number of amides is 2. The second-order valence-corrected chi connectivity index (χ2v) is 6.42. The van der Waals surface area contributed by atoms with Crippen molar-refractivity contribution in [1.29, 1.82) is 0 Å². The number of urea groups is 1. The van der Waals surface area contributed by atoms with Crippen LogP contribution in [0.3, 0.4) is 0 Å². The van der Waals surface area contributed by atoms with Gasteiger partial charge < -0.3 is 15.5 Å². The summed E-state index contributed by atoms with van der Waals surface area (Å²) in [5.74, 6) is 0.859. The zero-order valence-electron chi connectivity index (χ0n) is 13.6. The molecule has 2 aliphatic rings. The highest BCUT2D eigenvalue weighted by Gasteiger charge is 2.24. The fourth-order valence-corrected chi connectivity index (χ4v) is 3.60. The molecule has 0 radical (unpaired) electrons. The van der Waals surface area contributed by atoms with E-state index in [9.17, 15) is 4.79 Å². The number of anilines is 2. The molecule has 3 heterocycles. The van der Waals surface area contributed by atoms with Crippen LogP contribution < -0.4 is 15.5 Å². The van der Waals surface area contributed by atoms with Crippen molar-refractivity contribution in [1.82, 2.24) is 20.5 Å². The third-order valence-electron chi connectivity index (χ3n) is 4.79. The smallest absolute Gasteiger partial charge is 0.319 e. The molecule has 2 amide bonds. The number of nitrogens with zero attached hydrogens (tertiary/aromatic N) is 3. The van der Waals surface area contributed by atoms with E-state index in [-0.39, 0.29) is 12.1 Å². The Morgan fingerprint density at radius 3 is 3.04 bits per heavy atom. The highest BCUT2D eigenvalue weighted by atomic mass is 16.2. The zero-order valence-corrected chi connectivity index (χ0v) is 13.6. The third-order valence-corrected chi connectivity index (χ3v) is 4.79. The fourth-order valence-electron chi connectivity index (χ4n) is 3.60. The van der Waals surface area contributed by atoms with E-state index in [1.54, 1.807) is 6.20 Å². The summed E-state index contributed by atoms with van der Waals surface area (Å²) in [7, 11) is 0. The summed E-state index contributed by atoms with van der Waals surface area (Å²) >= 11 is 0. The lowest BCUT2D eigenvalue weighted by atomic mass is 9.93. The van der Waals surface area contributed by atoms with Gasteiger partial charge in [-0.3, -0.25) is 5.10 Å². The van der Waals surface area contributed by atoms with Crippen molar-refractivity contribution < 1.29 is 4.79 Å². The maximum absolute atomic E-state index is 12.5. The van der Waals surface area contributed by atoms with Gasteiger partial charge >= 0.3 is 6.03 Å². The average molecular weight is 326 g/mol. The number of fused-ring (bicyclic) bond motifs is 1. The Morgan fingerprint density at radius 1 is 1.29 bits per heavy atom. The zero-order chi connectivity index (χ0) is 16.4. The first-order valence-electron chi connectivity index (χ1n) is 8.61. The minimum atomic E-state index is -0.192. The quantitative estimate of drug-likeness (QED) is 0.809. The largest absolute Gasteiger partial charge is 0.355 e. The maximum Gasteiger partial charge on any atom is 0.319 e. The minimum Gasteiger partial charge on any atom is -0.355 e. The molecule has 0 saturated carbocycles. The molecular weight excluding hydrogens is 304 g/mol. The Hall–Kier alpha value is -2.57. The standard InChI is InChI=1S/C17H22N6O/c24-17(20-13-5-3-6-14-12(13)11-19-22-14)21-15-7-4-8-18-16(15)23-9-1-2-10-23/h4,7-8,11,13H,1-3,5-6,9-10H2,(H,19,22)(H2,20,21,24). The van der Waals surface area contributed by atoms with E-state index >= 15 is 0 Å². The van der Waals surface area contributed by atoms with E-state index in [1.165, 1.54) is 12.8 Å². The highest BCUT2D eigenvalue weighted by Crippen LogP contribution is 2.29. The fraction of sp³-hybridized carbons (Fsp3) is 0.471. The third kappa shape index (κ3) is 2.93. The van der Waals surface area contributed by atoms with Gasteiger partial charge in [0.1, 0.15) is 0 Å². The summed E-state index contributed by atoms with van der Waals surface area (Å²) in [6.07, 6.45) is 8.92. The second-order valence-electron chi connectivity index (χ2n) is 6.42. The van der Waals surface area contributed by atoms with Crippen LogP contribution in [0.25, 0.3) is 0 Å². The van der Waals surface area contributed by atoms with E-state index in [0.29, 0.717) is 0 Å². The van der Waals surface area contributed by atoms with Crippen LogP contribution in [0.2, 0.25) is 0 Å². The molecule has 2 aromatic heterocycles. The molecule has 7 nitrogen and oxygen atoms in total. The van der Waals surface area contributed by atoms with Crippen LogP contribution in [0.4, 0.5) is 16.3 Å². The lowest BCUT2D eigenvalue weighted by Crippen LogP contribution is -2.34. The van der Waals surface area contributed by atoms with Crippen LogP contribution >= 0.6 is 0 Å². The molecule has 0 aromatic carbocycles. The van der Waals surface area contributed by atoms with Gasteiger partial charge in [-0.2, -0.15) is 5.10 Å². The van der Waals surface area contributed by atoms with E-state index in [4.69, 9.17) is 0 Å². The lowest BCUT2D eigenvalue weighted by Gasteiger charge is -2.24.